The number of carbonyl (C=O) groups is 1. The molecule has 1 heterocycles. The summed E-state index contributed by atoms with van der Waals surface area (Å²) in [5.41, 5.74) is 2.52. The van der Waals surface area contributed by atoms with Crippen molar-refractivity contribution < 1.29 is 9.53 Å². The number of amides is 1. The lowest BCUT2D eigenvalue weighted by Gasteiger charge is -2.41. The van der Waals surface area contributed by atoms with Crippen LogP contribution in [0.1, 0.15) is 70.1 Å². The van der Waals surface area contributed by atoms with Crippen molar-refractivity contribution >= 4 is 5.91 Å². The minimum absolute atomic E-state index is 0.0158. The maximum atomic E-state index is 12.8. The summed E-state index contributed by atoms with van der Waals surface area (Å²) in [6, 6.07) is 0. The fraction of sp³-hybridized carbons (Fsp3) is 0.810. The Bertz CT molecular complexity index is 584. The summed E-state index contributed by atoms with van der Waals surface area (Å²) in [6.07, 6.45) is 7.41. The van der Waals surface area contributed by atoms with Crippen LogP contribution in [0.15, 0.2) is 6.20 Å². The van der Waals surface area contributed by atoms with E-state index < -0.39 is 0 Å². The lowest BCUT2D eigenvalue weighted by molar-refractivity contribution is -0.130. The Hall–Kier alpha value is -1.40. The van der Waals surface area contributed by atoms with E-state index in [1.807, 2.05) is 6.20 Å². The Labute approximate surface area is 164 Å². The van der Waals surface area contributed by atoms with E-state index in [-0.39, 0.29) is 17.2 Å². The number of methoxy groups -OCH3 is 1. The number of carbonyl (C=O) groups excluding carboxylic acids is 1. The fourth-order valence-electron chi connectivity index (χ4n) is 4.16. The summed E-state index contributed by atoms with van der Waals surface area (Å²) in [7, 11) is 3.83. The summed E-state index contributed by atoms with van der Waals surface area (Å²) in [4.78, 5) is 15.1. The lowest BCUT2D eigenvalue weighted by Crippen LogP contribution is -2.43. The Kier molecular flexibility index (Phi) is 8.29. The first kappa shape index (κ1) is 21.9. The molecule has 6 heteroatoms. The van der Waals surface area contributed by atoms with Gasteiger partial charge in [0.05, 0.1) is 12.8 Å². The first-order valence-corrected chi connectivity index (χ1v) is 10.4. The van der Waals surface area contributed by atoms with Crippen LogP contribution in [0.4, 0.5) is 0 Å². The van der Waals surface area contributed by atoms with Gasteiger partial charge < -0.3 is 15.0 Å². The Morgan fingerprint density at radius 2 is 2.26 bits per heavy atom. The molecule has 2 rings (SSSR count). The third kappa shape index (κ3) is 6.04. The van der Waals surface area contributed by atoms with Crippen LogP contribution >= 0.6 is 0 Å². The van der Waals surface area contributed by atoms with E-state index in [1.54, 1.807) is 7.11 Å². The molecular formula is C21H38N4O2. The number of H-pyrrole nitrogens is 1. The van der Waals surface area contributed by atoms with Gasteiger partial charge in [0.1, 0.15) is 0 Å². The number of hydrogen-bond donors (Lipinski definition) is 2. The molecule has 1 aliphatic carbocycles. The van der Waals surface area contributed by atoms with E-state index in [4.69, 9.17) is 4.74 Å². The molecule has 0 saturated heterocycles. The van der Waals surface area contributed by atoms with Gasteiger partial charge in [-0.25, -0.2) is 0 Å². The van der Waals surface area contributed by atoms with E-state index in [2.05, 4.69) is 48.2 Å². The Balaban J connectivity index is 2.05. The molecular weight excluding hydrogens is 340 g/mol. The minimum atomic E-state index is 0.0158. The largest absolute Gasteiger partial charge is 0.383 e. The fourth-order valence-corrected chi connectivity index (χ4v) is 4.16. The van der Waals surface area contributed by atoms with Gasteiger partial charge in [-0.15, -0.1) is 0 Å². The number of nitrogens with one attached hydrogen (secondary N) is 2. The number of unbranched alkanes of at least 4 members (excludes halogenated alkanes) is 1. The summed E-state index contributed by atoms with van der Waals surface area (Å²) < 4.78 is 5.06. The zero-order valence-electron chi connectivity index (χ0n) is 17.8. The number of ether oxygens (including phenoxy) is 1. The van der Waals surface area contributed by atoms with Gasteiger partial charge in [-0.1, -0.05) is 27.2 Å². The van der Waals surface area contributed by atoms with Crippen molar-refractivity contribution in [2.45, 2.75) is 65.3 Å². The van der Waals surface area contributed by atoms with Gasteiger partial charge in [0, 0.05) is 43.3 Å². The van der Waals surface area contributed by atoms with Crippen LogP contribution in [0, 0.1) is 11.3 Å². The van der Waals surface area contributed by atoms with Gasteiger partial charge in [-0.2, -0.15) is 5.10 Å². The molecule has 0 bridgehead atoms. The van der Waals surface area contributed by atoms with Gasteiger partial charge in [-0.3, -0.25) is 9.89 Å². The highest BCUT2D eigenvalue weighted by atomic mass is 16.5. The lowest BCUT2D eigenvalue weighted by atomic mass is 9.64. The molecule has 0 unspecified atom stereocenters. The predicted molar refractivity (Wildman–Crippen MR) is 109 cm³/mol. The average Bonchev–Trinajstić information content (AvgIpc) is 3.07. The molecule has 27 heavy (non-hydrogen) atoms. The van der Waals surface area contributed by atoms with Crippen LogP contribution < -0.4 is 5.32 Å². The van der Waals surface area contributed by atoms with Crippen molar-refractivity contribution in [1.29, 1.82) is 0 Å². The van der Waals surface area contributed by atoms with Crippen LogP contribution in [0.3, 0.4) is 0 Å². The van der Waals surface area contributed by atoms with Crippen LogP contribution in [-0.4, -0.2) is 54.9 Å². The van der Waals surface area contributed by atoms with E-state index in [0.717, 1.165) is 32.4 Å². The molecule has 154 valence electrons. The number of nitrogens with zero attached hydrogens (tertiary/aromatic N) is 2. The number of aromatic amines is 1. The molecule has 1 aliphatic rings. The molecule has 1 aromatic rings. The standard InChI is InChI=1S/C21H38N4O2/c1-6-7-11-25(4)15-17-14-23-24-19(17)16-8-9-21(2,3)18(13-16)20(26)22-10-12-27-5/h14,16,18H,6-13,15H2,1-5H3,(H,22,26)(H,23,24)/t16-,18-/m1/s1. The highest BCUT2D eigenvalue weighted by Crippen LogP contribution is 2.47. The topological polar surface area (TPSA) is 70.2 Å². The van der Waals surface area contributed by atoms with E-state index in [1.165, 1.54) is 24.1 Å². The van der Waals surface area contributed by atoms with Gasteiger partial charge in [0.2, 0.25) is 5.91 Å². The van der Waals surface area contributed by atoms with Crippen molar-refractivity contribution in [1.82, 2.24) is 20.4 Å². The SMILES string of the molecule is CCCCN(C)Cc1cn[nH]c1[C@@H]1CCC(C)(C)[C@@H](C(=O)NCCOC)C1. The Morgan fingerprint density at radius 3 is 2.96 bits per heavy atom. The number of rotatable bonds is 10. The third-order valence-corrected chi connectivity index (χ3v) is 6.02. The van der Waals surface area contributed by atoms with Crippen LogP contribution in [-0.2, 0) is 16.1 Å². The Morgan fingerprint density at radius 1 is 1.48 bits per heavy atom. The zero-order valence-corrected chi connectivity index (χ0v) is 17.8. The third-order valence-electron chi connectivity index (χ3n) is 6.02. The zero-order chi connectivity index (χ0) is 19.9. The molecule has 2 atom stereocenters. The predicted octanol–water partition coefficient (Wildman–Crippen LogP) is 3.31. The minimum Gasteiger partial charge on any atom is -0.383 e. The normalized spacial score (nSPS) is 22.1. The van der Waals surface area contributed by atoms with Crippen molar-refractivity contribution in [3.63, 3.8) is 0 Å². The first-order valence-electron chi connectivity index (χ1n) is 10.4. The summed E-state index contributed by atoms with van der Waals surface area (Å²) >= 11 is 0. The smallest absolute Gasteiger partial charge is 0.223 e. The molecule has 2 N–H and O–H groups in total. The summed E-state index contributed by atoms with van der Waals surface area (Å²) in [6.45, 7) is 9.80. The molecule has 1 fully saturated rings. The molecule has 0 aliphatic heterocycles. The highest BCUT2D eigenvalue weighted by molar-refractivity contribution is 5.79. The monoisotopic (exact) mass is 378 g/mol. The molecule has 0 spiro atoms. The number of hydrogen-bond acceptors (Lipinski definition) is 4. The van der Waals surface area contributed by atoms with E-state index >= 15 is 0 Å². The molecule has 0 aromatic carbocycles. The molecule has 1 aromatic heterocycles. The van der Waals surface area contributed by atoms with Crippen molar-refractivity contribution in [3.05, 3.63) is 17.5 Å². The number of aromatic nitrogens is 2. The maximum Gasteiger partial charge on any atom is 0.223 e. The van der Waals surface area contributed by atoms with E-state index in [0.29, 0.717) is 19.1 Å². The quantitative estimate of drug-likeness (QED) is 0.613. The second-order valence-corrected chi connectivity index (χ2v) is 8.70. The van der Waals surface area contributed by atoms with E-state index in [9.17, 15) is 4.79 Å². The molecule has 0 radical (unpaired) electrons. The van der Waals surface area contributed by atoms with Gasteiger partial charge >= 0.3 is 0 Å². The second-order valence-electron chi connectivity index (χ2n) is 8.70. The maximum absolute atomic E-state index is 12.8. The average molecular weight is 379 g/mol. The van der Waals surface area contributed by atoms with Crippen LogP contribution in [0.5, 0.6) is 0 Å². The van der Waals surface area contributed by atoms with Crippen LogP contribution in [0.25, 0.3) is 0 Å². The van der Waals surface area contributed by atoms with Crippen molar-refractivity contribution in [2.24, 2.45) is 11.3 Å². The highest BCUT2D eigenvalue weighted by Gasteiger charge is 2.41. The second kappa shape index (κ2) is 10.2. The molecule has 6 nitrogen and oxygen atoms in total. The van der Waals surface area contributed by atoms with Crippen molar-refractivity contribution in [2.75, 3.05) is 33.9 Å². The summed E-state index contributed by atoms with van der Waals surface area (Å²) in [5.74, 6) is 0.540. The van der Waals surface area contributed by atoms with Gasteiger partial charge in [-0.05, 0) is 44.7 Å². The molecule has 1 amide bonds. The van der Waals surface area contributed by atoms with Gasteiger partial charge in [0.15, 0.2) is 0 Å². The summed E-state index contributed by atoms with van der Waals surface area (Å²) in [5, 5.41) is 10.6. The molecule has 1 saturated carbocycles. The van der Waals surface area contributed by atoms with Gasteiger partial charge in [0.25, 0.3) is 0 Å². The first-order chi connectivity index (χ1) is 12.9. The van der Waals surface area contributed by atoms with Crippen molar-refractivity contribution in [3.8, 4) is 0 Å². The van der Waals surface area contributed by atoms with Crippen LogP contribution in [0.2, 0.25) is 0 Å².